The number of aryl methyl sites for hydroxylation is 1. The first-order valence-electron chi connectivity index (χ1n) is 7.70. The third-order valence-electron chi connectivity index (χ3n) is 4.07. The number of piperazine rings is 1. The van der Waals surface area contributed by atoms with Gasteiger partial charge in [-0.15, -0.1) is 11.3 Å². The Morgan fingerprint density at radius 3 is 2.38 bits per heavy atom. The lowest BCUT2D eigenvalue weighted by Gasteiger charge is -2.35. The molecule has 0 amide bonds. The minimum atomic E-state index is -3.50. The molecule has 0 unspecified atom stereocenters. The molecule has 1 aliphatic heterocycles. The minimum absolute atomic E-state index is 0.276. The van der Waals surface area contributed by atoms with E-state index in [-0.39, 0.29) is 13.1 Å². The molecule has 0 spiro atoms. The first-order chi connectivity index (χ1) is 11.4. The molecule has 0 radical (unpaired) electrons. The molecule has 2 aromatic rings. The first kappa shape index (κ1) is 17.3. The Bertz CT molecular complexity index is 828. The van der Waals surface area contributed by atoms with E-state index in [1.807, 2.05) is 13.0 Å². The summed E-state index contributed by atoms with van der Waals surface area (Å²) in [4.78, 5) is 2.77. The predicted molar refractivity (Wildman–Crippen MR) is 91.0 cm³/mol. The molecule has 0 atom stereocenters. The van der Waals surface area contributed by atoms with Crippen LogP contribution in [-0.2, 0) is 16.4 Å². The normalized spacial score (nSPS) is 16.5. The van der Waals surface area contributed by atoms with Gasteiger partial charge in [0.25, 0.3) is 10.0 Å². The number of hydrogen-bond acceptors (Lipinski definition) is 4. The van der Waals surface area contributed by atoms with Crippen LogP contribution in [0.5, 0.6) is 0 Å². The van der Waals surface area contributed by atoms with Crippen molar-refractivity contribution in [1.82, 2.24) is 4.31 Å². The average Bonchev–Trinajstić information content (AvgIpc) is 3.05. The maximum Gasteiger partial charge on any atom is 0.252 e. The van der Waals surface area contributed by atoms with Crippen LogP contribution in [0.25, 0.3) is 0 Å². The molecule has 0 saturated carbocycles. The highest BCUT2D eigenvalue weighted by molar-refractivity contribution is 7.91. The summed E-state index contributed by atoms with van der Waals surface area (Å²) in [6, 6.07) is 6.92. The lowest BCUT2D eigenvalue weighted by atomic mass is 10.2. The fourth-order valence-corrected chi connectivity index (χ4v) is 5.59. The molecule has 3 rings (SSSR count). The van der Waals surface area contributed by atoms with Crippen molar-refractivity contribution in [2.24, 2.45) is 0 Å². The van der Waals surface area contributed by atoms with Crippen LogP contribution in [0.4, 0.5) is 14.5 Å². The van der Waals surface area contributed by atoms with Crippen LogP contribution in [0.2, 0.25) is 0 Å². The Labute approximate surface area is 144 Å². The second kappa shape index (κ2) is 6.78. The van der Waals surface area contributed by atoms with E-state index in [2.05, 4.69) is 0 Å². The highest BCUT2D eigenvalue weighted by atomic mass is 32.2. The quantitative estimate of drug-likeness (QED) is 0.828. The van der Waals surface area contributed by atoms with Gasteiger partial charge in [0, 0.05) is 37.1 Å². The smallest absolute Gasteiger partial charge is 0.252 e. The van der Waals surface area contributed by atoms with Crippen LogP contribution in [0, 0.1) is 11.6 Å². The van der Waals surface area contributed by atoms with Gasteiger partial charge in [-0.05, 0) is 30.7 Å². The average molecular weight is 372 g/mol. The molecule has 1 aromatic heterocycles. The van der Waals surface area contributed by atoms with E-state index in [0.29, 0.717) is 23.0 Å². The summed E-state index contributed by atoms with van der Waals surface area (Å²) in [6.45, 7) is 3.27. The number of halogens is 2. The lowest BCUT2D eigenvalue weighted by Crippen LogP contribution is -2.48. The Morgan fingerprint density at radius 1 is 1.08 bits per heavy atom. The van der Waals surface area contributed by atoms with Crippen molar-refractivity contribution in [3.05, 3.63) is 46.8 Å². The van der Waals surface area contributed by atoms with E-state index in [1.54, 1.807) is 11.0 Å². The van der Waals surface area contributed by atoms with Crippen molar-refractivity contribution < 1.29 is 17.2 Å². The van der Waals surface area contributed by atoms with Gasteiger partial charge in [-0.2, -0.15) is 4.31 Å². The van der Waals surface area contributed by atoms with Gasteiger partial charge in [-0.3, -0.25) is 0 Å². The molecule has 0 N–H and O–H groups in total. The molecule has 1 fully saturated rings. The first-order valence-corrected chi connectivity index (χ1v) is 9.96. The van der Waals surface area contributed by atoms with E-state index < -0.39 is 21.7 Å². The minimum Gasteiger partial charge on any atom is -0.367 e. The molecule has 4 nitrogen and oxygen atoms in total. The fourth-order valence-electron chi connectivity index (χ4n) is 2.72. The van der Waals surface area contributed by atoms with Crippen molar-refractivity contribution in [3.8, 4) is 0 Å². The highest BCUT2D eigenvalue weighted by Crippen LogP contribution is 2.27. The van der Waals surface area contributed by atoms with Crippen LogP contribution >= 0.6 is 11.3 Å². The van der Waals surface area contributed by atoms with Gasteiger partial charge < -0.3 is 4.90 Å². The number of benzene rings is 1. The number of hydrogen-bond donors (Lipinski definition) is 0. The molecule has 1 aromatic carbocycles. The zero-order valence-electron chi connectivity index (χ0n) is 13.2. The largest absolute Gasteiger partial charge is 0.367 e. The topological polar surface area (TPSA) is 40.6 Å². The molecule has 1 aliphatic rings. The number of rotatable bonds is 4. The summed E-state index contributed by atoms with van der Waals surface area (Å²) in [7, 11) is -3.50. The van der Waals surface area contributed by atoms with Gasteiger partial charge >= 0.3 is 0 Å². The molecule has 24 heavy (non-hydrogen) atoms. The van der Waals surface area contributed by atoms with E-state index >= 15 is 0 Å². The Balaban J connectivity index is 1.72. The lowest BCUT2D eigenvalue weighted by molar-refractivity contribution is 0.384. The van der Waals surface area contributed by atoms with Crippen LogP contribution in [0.3, 0.4) is 0 Å². The molecule has 2 heterocycles. The van der Waals surface area contributed by atoms with Crippen molar-refractivity contribution in [3.63, 3.8) is 0 Å². The van der Waals surface area contributed by atoms with E-state index in [4.69, 9.17) is 0 Å². The second-order valence-electron chi connectivity index (χ2n) is 5.56. The molecule has 0 aliphatic carbocycles. The van der Waals surface area contributed by atoms with Gasteiger partial charge in [0.1, 0.15) is 15.8 Å². The maximum atomic E-state index is 13.9. The van der Waals surface area contributed by atoms with Crippen LogP contribution in [0.15, 0.2) is 34.5 Å². The summed E-state index contributed by atoms with van der Waals surface area (Å²) >= 11 is 1.29. The monoisotopic (exact) mass is 372 g/mol. The van der Waals surface area contributed by atoms with Crippen LogP contribution < -0.4 is 4.90 Å². The van der Waals surface area contributed by atoms with Crippen molar-refractivity contribution in [2.45, 2.75) is 17.6 Å². The van der Waals surface area contributed by atoms with E-state index in [0.717, 1.165) is 17.4 Å². The number of anilines is 1. The van der Waals surface area contributed by atoms with Crippen molar-refractivity contribution in [1.29, 1.82) is 0 Å². The third kappa shape index (κ3) is 3.31. The van der Waals surface area contributed by atoms with Gasteiger partial charge in [0.2, 0.25) is 0 Å². The summed E-state index contributed by atoms with van der Waals surface area (Å²) in [5, 5.41) is 0. The molecular weight excluding hydrogens is 354 g/mol. The number of thiophene rings is 1. The second-order valence-corrected chi connectivity index (χ2v) is 8.89. The van der Waals surface area contributed by atoms with Crippen LogP contribution in [0.1, 0.15) is 11.8 Å². The summed E-state index contributed by atoms with van der Waals surface area (Å²) < 4.78 is 54.0. The molecule has 0 bridgehead atoms. The van der Waals surface area contributed by atoms with Gasteiger partial charge in [-0.1, -0.05) is 6.92 Å². The van der Waals surface area contributed by atoms with Gasteiger partial charge in [0.05, 0.1) is 5.69 Å². The highest BCUT2D eigenvalue weighted by Gasteiger charge is 2.30. The molecule has 130 valence electrons. The number of nitrogens with zero attached hydrogens (tertiary/aromatic N) is 2. The Kier molecular flexibility index (Phi) is 4.89. The molecule has 1 saturated heterocycles. The van der Waals surface area contributed by atoms with Gasteiger partial charge in [-0.25, -0.2) is 17.2 Å². The Hall–Kier alpha value is -1.51. The number of sulfonamides is 1. The summed E-state index contributed by atoms with van der Waals surface area (Å²) in [5.74, 6) is -1.25. The SMILES string of the molecule is CCc1ccc(S(=O)(=O)N2CCN(c3ccc(F)cc3F)CC2)s1. The Morgan fingerprint density at radius 2 is 1.79 bits per heavy atom. The van der Waals surface area contributed by atoms with Gasteiger partial charge in [0.15, 0.2) is 0 Å². The zero-order chi connectivity index (χ0) is 17.3. The summed E-state index contributed by atoms with van der Waals surface area (Å²) in [5.41, 5.74) is 0.304. The van der Waals surface area contributed by atoms with Crippen molar-refractivity contribution >= 4 is 27.0 Å². The van der Waals surface area contributed by atoms with E-state index in [1.165, 1.54) is 27.8 Å². The standard InChI is InChI=1S/C16H18F2N2O2S2/c1-2-13-4-6-16(23-13)24(21,22)20-9-7-19(8-10-20)15-5-3-12(17)11-14(15)18/h3-6,11H,2,7-10H2,1H3. The molecule has 8 heteroatoms. The third-order valence-corrected chi connectivity index (χ3v) is 7.66. The maximum absolute atomic E-state index is 13.9. The molecular formula is C16H18F2N2O2S2. The summed E-state index contributed by atoms with van der Waals surface area (Å²) in [6.07, 6.45) is 0.803. The van der Waals surface area contributed by atoms with Crippen molar-refractivity contribution in [2.75, 3.05) is 31.1 Å². The predicted octanol–water partition coefficient (Wildman–Crippen LogP) is 3.10. The van der Waals surface area contributed by atoms with E-state index in [9.17, 15) is 17.2 Å². The zero-order valence-corrected chi connectivity index (χ0v) is 14.8. The van der Waals surface area contributed by atoms with Crippen LogP contribution in [-0.4, -0.2) is 38.9 Å². The fraction of sp³-hybridized carbons (Fsp3) is 0.375.